The van der Waals surface area contributed by atoms with Crippen LogP contribution in [0, 0.1) is 6.92 Å². The van der Waals surface area contributed by atoms with Gasteiger partial charge in [0.1, 0.15) is 9.88 Å². The molecule has 0 radical (unpaired) electrons. The number of amides is 1. The minimum absolute atomic E-state index is 0.0215. The van der Waals surface area contributed by atoms with Crippen LogP contribution in [0.25, 0.3) is 10.6 Å². The lowest BCUT2D eigenvalue weighted by atomic mass is 10.2. The van der Waals surface area contributed by atoms with E-state index >= 15 is 0 Å². The van der Waals surface area contributed by atoms with E-state index in [1.165, 1.54) is 16.9 Å². The first-order valence-electron chi connectivity index (χ1n) is 7.77. The molecule has 1 aliphatic rings. The maximum Gasteiger partial charge on any atom is 0.270 e. The smallest absolute Gasteiger partial charge is 0.270 e. The fourth-order valence-electron chi connectivity index (χ4n) is 3.02. The van der Waals surface area contributed by atoms with Gasteiger partial charge >= 0.3 is 0 Å². The molecule has 4 rings (SSSR count). The molecule has 0 fully saturated rings. The molecule has 24 heavy (non-hydrogen) atoms. The van der Waals surface area contributed by atoms with Crippen molar-refractivity contribution in [3.05, 3.63) is 69.7 Å². The summed E-state index contributed by atoms with van der Waals surface area (Å²) in [5.41, 5.74) is 3.85. The summed E-state index contributed by atoms with van der Waals surface area (Å²) < 4.78 is 0. The van der Waals surface area contributed by atoms with Crippen LogP contribution in [0.2, 0.25) is 5.02 Å². The monoisotopic (exact) mass is 354 g/mol. The summed E-state index contributed by atoms with van der Waals surface area (Å²) in [6.07, 6.45) is 0.900. The minimum Gasteiger partial charge on any atom is -0.307 e. The predicted molar refractivity (Wildman–Crippen MR) is 99.1 cm³/mol. The molecule has 0 saturated heterocycles. The lowest BCUT2D eigenvalue weighted by Gasteiger charge is -2.16. The number of benzene rings is 2. The zero-order valence-electron chi connectivity index (χ0n) is 13.1. The standard InChI is InChI=1S/C19H15ClN2OS/c1-12-17(24-18(21-12)14-7-3-4-8-15(14)20)19(23)22-11-10-13-6-2-5-9-16(13)22/h2-9H,10-11H2,1H3. The van der Waals surface area contributed by atoms with Gasteiger partial charge in [0.2, 0.25) is 0 Å². The van der Waals surface area contributed by atoms with E-state index in [0.29, 0.717) is 9.90 Å². The summed E-state index contributed by atoms with van der Waals surface area (Å²) >= 11 is 7.67. The molecular weight excluding hydrogens is 340 g/mol. The summed E-state index contributed by atoms with van der Waals surface area (Å²) in [6.45, 7) is 2.60. The average molecular weight is 355 g/mol. The van der Waals surface area contributed by atoms with Crippen LogP contribution in [0.4, 0.5) is 5.69 Å². The van der Waals surface area contributed by atoms with Gasteiger partial charge in [0.15, 0.2) is 0 Å². The number of thiazole rings is 1. The molecular formula is C19H15ClN2OS. The van der Waals surface area contributed by atoms with Crippen LogP contribution >= 0.6 is 22.9 Å². The van der Waals surface area contributed by atoms with Gasteiger partial charge in [0, 0.05) is 17.8 Å². The molecule has 0 spiro atoms. The van der Waals surface area contributed by atoms with E-state index in [1.807, 2.05) is 54.3 Å². The Labute approximate surface area is 149 Å². The highest BCUT2D eigenvalue weighted by Crippen LogP contribution is 2.35. The Bertz CT molecular complexity index is 935. The van der Waals surface area contributed by atoms with Crippen molar-refractivity contribution in [1.82, 2.24) is 4.98 Å². The molecule has 3 aromatic rings. The Hall–Kier alpha value is -2.17. The van der Waals surface area contributed by atoms with Crippen molar-refractivity contribution in [1.29, 1.82) is 0 Å². The van der Waals surface area contributed by atoms with Crippen LogP contribution in [0.3, 0.4) is 0 Å². The lowest BCUT2D eigenvalue weighted by Crippen LogP contribution is -2.28. The molecule has 1 aliphatic heterocycles. The van der Waals surface area contributed by atoms with E-state index in [-0.39, 0.29) is 5.91 Å². The van der Waals surface area contributed by atoms with Gasteiger partial charge in [-0.1, -0.05) is 48.0 Å². The third-order valence-electron chi connectivity index (χ3n) is 4.23. The number of rotatable bonds is 2. The number of hydrogen-bond donors (Lipinski definition) is 0. The number of nitrogens with zero attached hydrogens (tertiary/aromatic N) is 2. The van der Waals surface area contributed by atoms with E-state index < -0.39 is 0 Å². The Balaban J connectivity index is 1.71. The second kappa shape index (κ2) is 6.04. The number of carbonyl (C=O) groups excluding carboxylic acids is 1. The molecule has 120 valence electrons. The van der Waals surface area contributed by atoms with Gasteiger partial charge in [-0.25, -0.2) is 4.98 Å². The van der Waals surface area contributed by atoms with Gasteiger partial charge in [-0.2, -0.15) is 0 Å². The van der Waals surface area contributed by atoms with Crippen molar-refractivity contribution >= 4 is 34.5 Å². The number of fused-ring (bicyclic) bond motifs is 1. The van der Waals surface area contributed by atoms with Crippen LogP contribution in [0.5, 0.6) is 0 Å². The van der Waals surface area contributed by atoms with Crippen molar-refractivity contribution in [3.63, 3.8) is 0 Å². The second-order valence-corrected chi connectivity index (χ2v) is 7.16. The summed E-state index contributed by atoms with van der Waals surface area (Å²) in [5.74, 6) is 0.0215. The van der Waals surface area contributed by atoms with Crippen molar-refractivity contribution in [2.24, 2.45) is 0 Å². The largest absolute Gasteiger partial charge is 0.307 e. The number of aryl methyl sites for hydroxylation is 1. The van der Waals surface area contributed by atoms with E-state index in [0.717, 1.165) is 34.9 Å². The number of carbonyl (C=O) groups is 1. The zero-order chi connectivity index (χ0) is 16.7. The normalized spacial score (nSPS) is 13.2. The van der Waals surface area contributed by atoms with Crippen LogP contribution in [-0.4, -0.2) is 17.4 Å². The Morgan fingerprint density at radius 1 is 1.17 bits per heavy atom. The van der Waals surface area contributed by atoms with Crippen LogP contribution in [0.15, 0.2) is 48.5 Å². The number of aromatic nitrogens is 1. The third-order valence-corrected chi connectivity index (χ3v) is 5.74. The van der Waals surface area contributed by atoms with Gasteiger partial charge in [-0.3, -0.25) is 4.79 Å². The number of anilines is 1. The fourth-order valence-corrected chi connectivity index (χ4v) is 4.35. The summed E-state index contributed by atoms with van der Waals surface area (Å²) in [4.78, 5) is 20.1. The van der Waals surface area contributed by atoms with Gasteiger partial charge < -0.3 is 4.90 Å². The van der Waals surface area contributed by atoms with Crippen molar-refractivity contribution in [2.45, 2.75) is 13.3 Å². The van der Waals surface area contributed by atoms with Crippen molar-refractivity contribution < 1.29 is 4.79 Å². The molecule has 2 aromatic carbocycles. The first kappa shape index (κ1) is 15.4. The number of halogens is 1. The predicted octanol–water partition coefficient (Wildman–Crippen LogP) is 4.97. The van der Waals surface area contributed by atoms with Gasteiger partial charge in [0.05, 0.1) is 10.7 Å². The molecule has 5 heteroatoms. The van der Waals surface area contributed by atoms with E-state index in [4.69, 9.17) is 11.6 Å². The van der Waals surface area contributed by atoms with E-state index in [9.17, 15) is 4.79 Å². The van der Waals surface area contributed by atoms with Crippen LogP contribution < -0.4 is 4.90 Å². The Kier molecular flexibility index (Phi) is 3.87. The molecule has 1 amide bonds. The van der Waals surface area contributed by atoms with Gasteiger partial charge in [0.25, 0.3) is 5.91 Å². The van der Waals surface area contributed by atoms with Crippen LogP contribution in [0.1, 0.15) is 20.9 Å². The highest BCUT2D eigenvalue weighted by Gasteiger charge is 2.28. The molecule has 0 saturated carbocycles. The van der Waals surface area contributed by atoms with Crippen molar-refractivity contribution in [2.75, 3.05) is 11.4 Å². The van der Waals surface area contributed by atoms with E-state index in [2.05, 4.69) is 11.1 Å². The maximum atomic E-state index is 13.0. The molecule has 0 N–H and O–H groups in total. The Morgan fingerprint density at radius 2 is 1.92 bits per heavy atom. The molecule has 1 aromatic heterocycles. The third kappa shape index (κ3) is 2.52. The summed E-state index contributed by atoms with van der Waals surface area (Å²) in [5, 5.41) is 1.44. The second-order valence-electron chi connectivity index (χ2n) is 5.75. The molecule has 2 heterocycles. The highest BCUT2D eigenvalue weighted by atomic mass is 35.5. The van der Waals surface area contributed by atoms with Gasteiger partial charge in [-0.15, -0.1) is 11.3 Å². The topological polar surface area (TPSA) is 33.2 Å². The molecule has 0 unspecified atom stereocenters. The quantitative estimate of drug-likeness (QED) is 0.650. The molecule has 3 nitrogen and oxygen atoms in total. The molecule has 0 aliphatic carbocycles. The van der Waals surface area contributed by atoms with Crippen LogP contribution in [-0.2, 0) is 6.42 Å². The van der Waals surface area contributed by atoms with E-state index in [1.54, 1.807) is 0 Å². The summed E-state index contributed by atoms with van der Waals surface area (Å²) in [7, 11) is 0. The van der Waals surface area contributed by atoms with Crippen molar-refractivity contribution in [3.8, 4) is 10.6 Å². The first-order valence-corrected chi connectivity index (χ1v) is 8.96. The number of hydrogen-bond acceptors (Lipinski definition) is 3. The fraction of sp³-hybridized carbons (Fsp3) is 0.158. The minimum atomic E-state index is 0.0215. The zero-order valence-corrected chi connectivity index (χ0v) is 14.7. The molecule has 0 bridgehead atoms. The number of para-hydroxylation sites is 1. The molecule has 0 atom stereocenters. The van der Waals surface area contributed by atoms with Gasteiger partial charge in [-0.05, 0) is 31.0 Å². The first-order chi connectivity index (χ1) is 11.6. The average Bonchev–Trinajstić information content (AvgIpc) is 3.18. The highest BCUT2D eigenvalue weighted by molar-refractivity contribution is 7.17. The summed E-state index contributed by atoms with van der Waals surface area (Å²) in [6, 6.07) is 15.7. The maximum absolute atomic E-state index is 13.0. The SMILES string of the molecule is Cc1nc(-c2ccccc2Cl)sc1C(=O)N1CCc2ccccc21. The Morgan fingerprint density at radius 3 is 2.75 bits per heavy atom. The lowest BCUT2D eigenvalue weighted by molar-refractivity contribution is 0.0992.